The van der Waals surface area contributed by atoms with Crippen LogP contribution in [-0.4, -0.2) is 53.0 Å². The molecule has 11 heteroatoms. The maximum absolute atomic E-state index is 12.2. The number of benzene rings is 2. The fraction of sp³-hybridized carbons (Fsp3) is 0.387. The van der Waals surface area contributed by atoms with Gasteiger partial charge in [-0.25, -0.2) is 9.97 Å². The van der Waals surface area contributed by atoms with Crippen LogP contribution in [0.5, 0.6) is 5.75 Å². The predicted octanol–water partition coefficient (Wildman–Crippen LogP) is 5.62. The molecule has 8 nitrogen and oxygen atoms in total. The van der Waals surface area contributed by atoms with Crippen LogP contribution in [0.1, 0.15) is 50.2 Å². The highest BCUT2D eigenvalue weighted by Crippen LogP contribution is 2.24. The van der Waals surface area contributed by atoms with Crippen LogP contribution in [0.2, 0.25) is 0 Å². The number of imidazole rings is 1. The Kier molecular flexibility index (Phi) is 10.4. The Morgan fingerprint density at radius 3 is 2.52 bits per heavy atom. The lowest BCUT2D eigenvalue weighted by molar-refractivity contribution is -0.274. The number of hydrogen-bond donors (Lipinski definition) is 2. The second-order valence-corrected chi connectivity index (χ2v) is 10.3. The van der Waals surface area contributed by atoms with Gasteiger partial charge >= 0.3 is 6.36 Å². The summed E-state index contributed by atoms with van der Waals surface area (Å²) in [6, 6.07) is 18.6. The van der Waals surface area contributed by atoms with Crippen LogP contribution in [0.15, 0.2) is 66.9 Å². The Bertz CT molecular complexity index is 1420. The van der Waals surface area contributed by atoms with Crippen LogP contribution in [0.4, 0.5) is 18.9 Å². The number of nitrogens with one attached hydrogen (secondary N) is 2. The van der Waals surface area contributed by atoms with Crippen molar-refractivity contribution in [1.82, 2.24) is 25.2 Å². The van der Waals surface area contributed by atoms with Gasteiger partial charge in [-0.05, 0) is 67.8 Å². The van der Waals surface area contributed by atoms with E-state index in [-0.39, 0.29) is 11.8 Å². The van der Waals surface area contributed by atoms with E-state index in [0.29, 0.717) is 12.6 Å². The molecule has 2 atom stereocenters. The molecule has 0 aliphatic carbocycles. The Morgan fingerprint density at radius 1 is 1.14 bits per heavy atom. The Balaban J connectivity index is 0.000000201. The standard InChI is InChI=1S/C17H16F3N3O.C14H21N3O/c1-2-4-15-22-14-5-3-10-21-16(14)23(15)11-12-6-8-13(9-7-12)24-17(18,19)20;1-11-9-17(8-7-15-11)14-5-3-13(4-6-14)12(2)16-10-18/h3,5-10H,2,4,11H2,1H3;3-6,10-12,15H,7-9H2,1-2H3,(H,16,18)/t;11-,12?/m.0/s1. The number of piperazine rings is 1. The lowest BCUT2D eigenvalue weighted by Crippen LogP contribution is -2.49. The van der Waals surface area contributed by atoms with E-state index < -0.39 is 6.36 Å². The monoisotopic (exact) mass is 582 g/mol. The van der Waals surface area contributed by atoms with Crippen LogP contribution in [0.25, 0.3) is 11.2 Å². The summed E-state index contributed by atoms with van der Waals surface area (Å²) in [7, 11) is 0. The fourth-order valence-electron chi connectivity index (χ4n) is 4.90. The number of aryl methyl sites for hydroxylation is 1. The van der Waals surface area contributed by atoms with E-state index in [4.69, 9.17) is 0 Å². The summed E-state index contributed by atoms with van der Waals surface area (Å²) in [4.78, 5) is 21.8. The molecule has 0 saturated carbocycles. The van der Waals surface area contributed by atoms with Gasteiger partial charge in [-0.3, -0.25) is 4.79 Å². The van der Waals surface area contributed by atoms with Crippen molar-refractivity contribution in [1.29, 1.82) is 0 Å². The molecule has 4 aromatic rings. The third-order valence-corrected chi connectivity index (χ3v) is 7.00. The first-order valence-electron chi connectivity index (χ1n) is 14.1. The number of halogens is 3. The van der Waals surface area contributed by atoms with E-state index in [2.05, 4.69) is 68.4 Å². The number of rotatable bonds is 9. The lowest BCUT2D eigenvalue weighted by atomic mass is 10.1. The van der Waals surface area contributed by atoms with Gasteiger partial charge in [0.05, 0.1) is 12.6 Å². The molecule has 224 valence electrons. The highest BCUT2D eigenvalue weighted by atomic mass is 19.4. The average Bonchev–Trinajstić information content (AvgIpc) is 3.31. The molecule has 1 saturated heterocycles. The second kappa shape index (κ2) is 14.2. The van der Waals surface area contributed by atoms with Crippen molar-refractivity contribution in [2.24, 2.45) is 0 Å². The van der Waals surface area contributed by atoms with E-state index in [1.165, 1.54) is 17.8 Å². The molecule has 42 heavy (non-hydrogen) atoms. The van der Waals surface area contributed by atoms with E-state index in [0.717, 1.165) is 67.0 Å². The number of anilines is 1. The molecule has 1 aliphatic heterocycles. The molecule has 3 heterocycles. The molecule has 0 spiro atoms. The maximum Gasteiger partial charge on any atom is 0.573 e. The van der Waals surface area contributed by atoms with Gasteiger partial charge < -0.3 is 24.8 Å². The summed E-state index contributed by atoms with van der Waals surface area (Å²) in [5.41, 5.74) is 4.83. The number of pyridine rings is 1. The first-order chi connectivity index (χ1) is 20.2. The van der Waals surface area contributed by atoms with E-state index in [9.17, 15) is 18.0 Å². The first kappa shape index (κ1) is 30.8. The SMILES string of the molecule is CC(NC=O)c1ccc(N2CCN[C@@H](C)C2)cc1.CCCc1nc2cccnc2n1Cc1ccc(OC(F)(F)F)cc1. The third kappa shape index (κ3) is 8.45. The van der Waals surface area contributed by atoms with Gasteiger partial charge in [0.15, 0.2) is 5.65 Å². The smallest absolute Gasteiger partial charge is 0.406 e. The van der Waals surface area contributed by atoms with Crippen molar-refractivity contribution in [3.05, 3.63) is 83.8 Å². The Labute approximate surface area is 243 Å². The van der Waals surface area contributed by atoms with Gasteiger partial charge in [0.2, 0.25) is 6.41 Å². The zero-order valence-electron chi connectivity index (χ0n) is 24.1. The minimum atomic E-state index is -4.68. The quantitative estimate of drug-likeness (QED) is 0.249. The highest BCUT2D eigenvalue weighted by molar-refractivity contribution is 5.71. The molecule has 2 N–H and O–H groups in total. The minimum absolute atomic E-state index is 0.0681. The van der Waals surface area contributed by atoms with Crippen LogP contribution in [0.3, 0.4) is 0 Å². The van der Waals surface area contributed by atoms with E-state index >= 15 is 0 Å². The predicted molar refractivity (Wildman–Crippen MR) is 157 cm³/mol. The molecule has 1 fully saturated rings. The molecular weight excluding hydrogens is 545 g/mol. The fourth-order valence-corrected chi connectivity index (χ4v) is 4.90. The summed E-state index contributed by atoms with van der Waals surface area (Å²) >= 11 is 0. The van der Waals surface area contributed by atoms with Gasteiger partial charge in [0.25, 0.3) is 0 Å². The molecule has 2 aromatic carbocycles. The minimum Gasteiger partial charge on any atom is -0.406 e. The molecule has 0 bridgehead atoms. The number of fused-ring (bicyclic) bond motifs is 1. The topological polar surface area (TPSA) is 84.3 Å². The summed E-state index contributed by atoms with van der Waals surface area (Å²) in [5.74, 6) is 0.690. The molecule has 0 radical (unpaired) electrons. The highest BCUT2D eigenvalue weighted by Gasteiger charge is 2.31. The van der Waals surface area contributed by atoms with Gasteiger partial charge in [-0.15, -0.1) is 13.2 Å². The number of hydrogen-bond acceptors (Lipinski definition) is 6. The van der Waals surface area contributed by atoms with Crippen molar-refractivity contribution in [2.45, 2.75) is 58.6 Å². The summed E-state index contributed by atoms with van der Waals surface area (Å²) in [6.45, 7) is 9.88. The molecule has 2 aromatic heterocycles. The third-order valence-electron chi connectivity index (χ3n) is 7.00. The summed E-state index contributed by atoms with van der Waals surface area (Å²) in [6.07, 6.45) is -0.472. The van der Waals surface area contributed by atoms with Gasteiger partial charge in [0.1, 0.15) is 17.1 Å². The van der Waals surface area contributed by atoms with Crippen molar-refractivity contribution in [3.63, 3.8) is 0 Å². The van der Waals surface area contributed by atoms with Gasteiger partial charge in [0, 0.05) is 44.0 Å². The number of ether oxygens (including phenoxy) is 1. The van der Waals surface area contributed by atoms with Crippen molar-refractivity contribution >= 4 is 23.3 Å². The lowest BCUT2D eigenvalue weighted by Gasteiger charge is -2.33. The van der Waals surface area contributed by atoms with Crippen molar-refractivity contribution in [2.75, 3.05) is 24.5 Å². The number of aromatic nitrogens is 3. The maximum atomic E-state index is 12.2. The van der Waals surface area contributed by atoms with Crippen LogP contribution in [-0.2, 0) is 17.8 Å². The zero-order chi connectivity index (χ0) is 30.1. The van der Waals surface area contributed by atoms with Crippen LogP contribution < -0.4 is 20.3 Å². The number of carbonyl (C=O) groups is 1. The van der Waals surface area contributed by atoms with Crippen LogP contribution >= 0.6 is 0 Å². The Hall–Kier alpha value is -4.12. The molecule has 1 aliphatic rings. The van der Waals surface area contributed by atoms with E-state index in [1.807, 2.05) is 23.6 Å². The summed E-state index contributed by atoms with van der Waals surface area (Å²) in [5, 5.41) is 6.20. The van der Waals surface area contributed by atoms with Gasteiger partial charge in [-0.2, -0.15) is 0 Å². The number of nitrogens with zero attached hydrogens (tertiary/aromatic N) is 4. The number of carbonyl (C=O) groups excluding carboxylic acids is 1. The first-order valence-corrected chi connectivity index (χ1v) is 14.1. The molecule has 1 unspecified atom stereocenters. The largest absolute Gasteiger partial charge is 0.573 e. The molecule has 1 amide bonds. The number of alkyl halides is 3. The zero-order valence-corrected chi connectivity index (χ0v) is 24.1. The Morgan fingerprint density at radius 2 is 1.88 bits per heavy atom. The second-order valence-electron chi connectivity index (χ2n) is 10.3. The van der Waals surface area contributed by atoms with Crippen molar-refractivity contribution < 1.29 is 22.7 Å². The van der Waals surface area contributed by atoms with Crippen molar-refractivity contribution in [3.8, 4) is 5.75 Å². The van der Waals surface area contributed by atoms with Crippen LogP contribution in [0, 0.1) is 0 Å². The van der Waals surface area contributed by atoms with E-state index in [1.54, 1.807) is 18.3 Å². The average molecular weight is 583 g/mol. The molecular formula is C31H37F3N6O2. The number of amides is 1. The normalized spacial score (nSPS) is 16.0. The van der Waals surface area contributed by atoms with Gasteiger partial charge in [-0.1, -0.05) is 31.2 Å². The summed E-state index contributed by atoms with van der Waals surface area (Å²) < 4.78 is 42.5. The molecule has 5 rings (SSSR count).